The molecule has 1 aliphatic heterocycles. The van der Waals surface area contributed by atoms with Crippen LogP contribution >= 0.6 is 24.0 Å². The normalized spacial score (nSPS) is 14.7. The summed E-state index contributed by atoms with van der Waals surface area (Å²) in [5.74, 6) is 1.73. The zero-order chi connectivity index (χ0) is 21.5. The van der Waals surface area contributed by atoms with Crippen LogP contribution in [0.1, 0.15) is 11.1 Å². The fourth-order valence-electron chi connectivity index (χ4n) is 3.70. The van der Waals surface area contributed by atoms with Gasteiger partial charge in [0.2, 0.25) is 0 Å². The summed E-state index contributed by atoms with van der Waals surface area (Å²) in [6.45, 7) is 10.1. The molecule has 0 bridgehead atoms. The van der Waals surface area contributed by atoms with Crippen LogP contribution in [0.3, 0.4) is 0 Å². The van der Waals surface area contributed by atoms with E-state index in [-0.39, 0.29) is 24.0 Å². The number of hydrogen-bond donors (Lipinski definition) is 2. The van der Waals surface area contributed by atoms with Gasteiger partial charge in [-0.15, -0.1) is 24.0 Å². The number of aliphatic imine (C=N–C) groups is 1. The van der Waals surface area contributed by atoms with E-state index in [9.17, 15) is 0 Å². The van der Waals surface area contributed by atoms with Crippen LogP contribution in [0.2, 0.25) is 0 Å². The van der Waals surface area contributed by atoms with Gasteiger partial charge in [-0.25, -0.2) is 0 Å². The van der Waals surface area contributed by atoms with Crippen LogP contribution in [-0.2, 0) is 0 Å². The van der Waals surface area contributed by atoms with Gasteiger partial charge >= 0.3 is 0 Å². The molecule has 7 nitrogen and oxygen atoms in total. The Morgan fingerprint density at radius 3 is 2.42 bits per heavy atom. The van der Waals surface area contributed by atoms with Crippen molar-refractivity contribution in [2.75, 3.05) is 63.7 Å². The molecule has 1 saturated heterocycles. The zero-order valence-corrected chi connectivity index (χ0v) is 21.2. The van der Waals surface area contributed by atoms with Gasteiger partial charge in [-0.2, -0.15) is 0 Å². The molecule has 1 fully saturated rings. The second kappa shape index (κ2) is 12.0. The van der Waals surface area contributed by atoms with Crippen molar-refractivity contribution in [2.45, 2.75) is 13.8 Å². The van der Waals surface area contributed by atoms with E-state index in [0.29, 0.717) is 24.0 Å². The molecule has 1 heterocycles. The van der Waals surface area contributed by atoms with Crippen LogP contribution in [0.25, 0.3) is 0 Å². The lowest BCUT2D eigenvalue weighted by atomic mass is 10.1. The molecule has 0 unspecified atom stereocenters. The molecule has 0 radical (unpaired) electrons. The van der Waals surface area contributed by atoms with Gasteiger partial charge in [0.1, 0.15) is 0 Å². The summed E-state index contributed by atoms with van der Waals surface area (Å²) in [5.41, 5.74) is 11.0. The summed E-state index contributed by atoms with van der Waals surface area (Å²) in [6, 6.07) is 12.1. The first-order chi connectivity index (χ1) is 14.5. The standard InChI is InChI=1S/C23H33N5O2.HI/c1-17-6-5-7-20(18(17)2)28-14-12-27(13-15-28)11-10-25-23(24)26-19-8-9-21(29-3)22(16-19)30-4;/h5-9,16H,10-15H2,1-4H3,(H3,24,25,26);1H. The Bertz CT molecular complexity index is 882. The molecule has 1 aliphatic rings. The SMILES string of the molecule is COc1ccc(NC(N)=NCCN2CCN(c3cccc(C)c3C)CC2)cc1OC.I. The van der Waals surface area contributed by atoms with E-state index in [1.807, 2.05) is 18.2 Å². The van der Waals surface area contributed by atoms with Crippen LogP contribution < -0.4 is 25.4 Å². The Morgan fingerprint density at radius 2 is 1.74 bits per heavy atom. The summed E-state index contributed by atoms with van der Waals surface area (Å²) < 4.78 is 10.6. The Labute approximate surface area is 202 Å². The maximum absolute atomic E-state index is 6.05. The van der Waals surface area contributed by atoms with Crippen LogP contribution in [0, 0.1) is 13.8 Å². The van der Waals surface area contributed by atoms with E-state index in [4.69, 9.17) is 15.2 Å². The van der Waals surface area contributed by atoms with E-state index < -0.39 is 0 Å². The van der Waals surface area contributed by atoms with Crippen molar-refractivity contribution in [2.24, 2.45) is 10.7 Å². The second-order valence-corrected chi connectivity index (χ2v) is 7.51. The van der Waals surface area contributed by atoms with Crippen molar-refractivity contribution in [3.05, 3.63) is 47.5 Å². The predicted octanol–water partition coefficient (Wildman–Crippen LogP) is 3.49. The Hall–Kier alpha value is -2.20. The molecule has 0 amide bonds. The van der Waals surface area contributed by atoms with Crippen molar-refractivity contribution < 1.29 is 9.47 Å². The zero-order valence-electron chi connectivity index (χ0n) is 18.9. The Kier molecular flexibility index (Phi) is 9.70. The van der Waals surface area contributed by atoms with Crippen molar-refractivity contribution >= 4 is 41.3 Å². The maximum atomic E-state index is 6.05. The topological polar surface area (TPSA) is 75.4 Å². The number of hydrogen-bond acceptors (Lipinski definition) is 5. The number of anilines is 2. The van der Waals surface area contributed by atoms with E-state index in [1.54, 1.807) is 14.2 Å². The maximum Gasteiger partial charge on any atom is 0.193 e. The lowest BCUT2D eigenvalue weighted by Crippen LogP contribution is -2.47. The van der Waals surface area contributed by atoms with E-state index in [1.165, 1.54) is 16.8 Å². The number of nitrogens with two attached hydrogens (primary N) is 1. The number of piperazine rings is 1. The third-order valence-corrected chi connectivity index (χ3v) is 5.64. The number of rotatable bonds is 7. The molecule has 31 heavy (non-hydrogen) atoms. The summed E-state index contributed by atoms with van der Waals surface area (Å²) in [7, 11) is 3.22. The molecule has 8 heteroatoms. The highest BCUT2D eigenvalue weighted by molar-refractivity contribution is 14.0. The van der Waals surface area contributed by atoms with Gasteiger partial charge in [0, 0.05) is 50.2 Å². The number of halogens is 1. The molecular formula is C23H34IN5O2. The summed E-state index contributed by atoms with van der Waals surface area (Å²) >= 11 is 0. The number of guanidine groups is 1. The lowest BCUT2D eigenvalue weighted by molar-refractivity contribution is 0.265. The first kappa shape index (κ1) is 25.1. The van der Waals surface area contributed by atoms with Crippen molar-refractivity contribution in [3.63, 3.8) is 0 Å². The predicted molar refractivity (Wildman–Crippen MR) is 140 cm³/mol. The van der Waals surface area contributed by atoms with Gasteiger partial charge in [-0.05, 0) is 43.2 Å². The molecule has 2 aromatic rings. The monoisotopic (exact) mass is 539 g/mol. The lowest BCUT2D eigenvalue weighted by Gasteiger charge is -2.36. The first-order valence-corrected chi connectivity index (χ1v) is 10.3. The van der Waals surface area contributed by atoms with Crippen LogP contribution in [-0.4, -0.2) is 64.3 Å². The van der Waals surface area contributed by atoms with Gasteiger partial charge in [0.15, 0.2) is 17.5 Å². The van der Waals surface area contributed by atoms with Crippen LogP contribution in [0.5, 0.6) is 11.5 Å². The van der Waals surface area contributed by atoms with Gasteiger partial charge in [0.25, 0.3) is 0 Å². The molecule has 0 aromatic heterocycles. The van der Waals surface area contributed by atoms with Gasteiger partial charge in [-0.1, -0.05) is 12.1 Å². The van der Waals surface area contributed by atoms with Gasteiger partial charge in [0.05, 0.1) is 20.8 Å². The van der Waals surface area contributed by atoms with E-state index >= 15 is 0 Å². The summed E-state index contributed by atoms with van der Waals surface area (Å²) in [6.07, 6.45) is 0. The number of methoxy groups -OCH3 is 2. The van der Waals surface area contributed by atoms with Gasteiger partial charge < -0.3 is 25.4 Å². The Balaban J connectivity index is 0.00000341. The molecule has 2 aromatic carbocycles. The number of ether oxygens (including phenoxy) is 2. The molecule has 170 valence electrons. The second-order valence-electron chi connectivity index (χ2n) is 7.51. The number of aryl methyl sites for hydroxylation is 1. The van der Waals surface area contributed by atoms with Crippen LogP contribution in [0.4, 0.5) is 11.4 Å². The molecule has 0 saturated carbocycles. The van der Waals surface area contributed by atoms with E-state index in [2.05, 4.69) is 52.2 Å². The third kappa shape index (κ3) is 6.64. The van der Waals surface area contributed by atoms with Crippen LogP contribution in [0.15, 0.2) is 41.4 Å². The number of benzene rings is 2. The Morgan fingerprint density at radius 1 is 1.03 bits per heavy atom. The number of nitrogens with zero attached hydrogens (tertiary/aromatic N) is 3. The van der Waals surface area contributed by atoms with Crippen molar-refractivity contribution in [1.29, 1.82) is 0 Å². The third-order valence-electron chi connectivity index (χ3n) is 5.64. The summed E-state index contributed by atoms with van der Waals surface area (Å²) in [5, 5.41) is 3.11. The average molecular weight is 539 g/mol. The highest BCUT2D eigenvalue weighted by atomic mass is 127. The molecule has 3 N–H and O–H groups in total. The minimum atomic E-state index is 0. The molecule has 0 aliphatic carbocycles. The average Bonchev–Trinajstić information content (AvgIpc) is 2.76. The summed E-state index contributed by atoms with van der Waals surface area (Å²) in [4.78, 5) is 9.39. The quantitative estimate of drug-likeness (QED) is 0.319. The van der Waals surface area contributed by atoms with Crippen molar-refractivity contribution in [1.82, 2.24) is 4.90 Å². The first-order valence-electron chi connectivity index (χ1n) is 10.3. The fourth-order valence-corrected chi connectivity index (χ4v) is 3.70. The minimum absolute atomic E-state index is 0. The minimum Gasteiger partial charge on any atom is -0.493 e. The largest absolute Gasteiger partial charge is 0.493 e. The molecule has 0 spiro atoms. The highest BCUT2D eigenvalue weighted by Gasteiger charge is 2.18. The smallest absolute Gasteiger partial charge is 0.193 e. The van der Waals surface area contributed by atoms with Crippen molar-refractivity contribution in [3.8, 4) is 11.5 Å². The van der Waals surface area contributed by atoms with Gasteiger partial charge in [-0.3, -0.25) is 9.89 Å². The number of nitrogens with one attached hydrogen (secondary N) is 1. The molecule has 3 rings (SSSR count). The van der Waals surface area contributed by atoms with E-state index in [0.717, 1.165) is 38.4 Å². The molecule has 0 atom stereocenters. The molecular weight excluding hydrogens is 505 g/mol. The fraction of sp³-hybridized carbons (Fsp3) is 0.435. The highest BCUT2D eigenvalue weighted by Crippen LogP contribution is 2.29.